The van der Waals surface area contributed by atoms with E-state index in [-0.39, 0.29) is 5.82 Å². The van der Waals surface area contributed by atoms with Gasteiger partial charge in [0.1, 0.15) is 17.1 Å². The monoisotopic (exact) mass is 280 g/mol. The lowest BCUT2D eigenvalue weighted by molar-refractivity contribution is 0.327. The van der Waals surface area contributed by atoms with Crippen molar-refractivity contribution in [1.82, 2.24) is 0 Å². The first-order chi connectivity index (χ1) is 10.3. The van der Waals surface area contributed by atoms with Crippen LogP contribution in [0.3, 0.4) is 0 Å². The third-order valence-corrected chi connectivity index (χ3v) is 3.22. The van der Waals surface area contributed by atoms with Gasteiger partial charge in [-0.25, -0.2) is 4.39 Å². The Morgan fingerprint density at radius 3 is 2.71 bits per heavy atom. The van der Waals surface area contributed by atoms with Gasteiger partial charge in [-0.2, -0.15) is 0 Å². The van der Waals surface area contributed by atoms with Gasteiger partial charge in [0, 0.05) is 23.4 Å². The molecule has 0 aliphatic carbocycles. The van der Waals surface area contributed by atoms with E-state index in [9.17, 15) is 4.39 Å². The van der Waals surface area contributed by atoms with E-state index in [0.29, 0.717) is 13.0 Å². The normalized spacial score (nSPS) is 10.5. The number of hydrogen-bond donors (Lipinski definition) is 0. The lowest BCUT2D eigenvalue weighted by Crippen LogP contribution is -1.95. The zero-order valence-electron chi connectivity index (χ0n) is 11.3. The van der Waals surface area contributed by atoms with Gasteiger partial charge in [-0.05, 0) is 29.8 Å². The van der Waals surface area contributed by atoms with Gasteiger partial charge in [-0.15, -0.1) is 12.3 Å². The van der Waals surface area contributed by atoms with Gasteiger partial charge in [0.15, 0.2) is 0 Å². The largest absolute Gasteiger partial charge is 0.492 e. The molecule has 0 aliphatic heterocycles. The standard InChI is InChI=1S/C18H13FO2/c1-2-3-10-20-15-8-9-16-17(12-21-18(16)11-15)13-4-6-14(19)7-5-13/h1,4-9,11-12H,3,10H2. The van der Waals surface area contributed by atoms with E-state index in [4.69, 9.17) is 15.6 Å². The second-order valence-corrected chi connectivity index (χ2v) is 4.62. The Kier molecular flexibility index (Phi) is 3.61. The maximum absolute atomic E-state index is 13.0. The van der Waals surface area contributed by atoms with Crippen LogP contribution in [-0.4, -0.2) is 6.61 Å². The summed E-state index contributed by atoms with van der Waals surface area (Å²) in [6, 6.07) is 12.0. The van der Waals surface area contributed by atoms with Crippen molar-refractivity contribution in [2.24, 2.45) is 0 Å². The van der Waals surface area contributed by atoms with E-state index in [1.165, 1.54) is 12.1 Å². The van der Waals surface area contributed by atoms with Crippen LogP contribution in [0.2, 0.25) is 0 Å². The van der Waals surface area contributed by atoms with Crippen LogP contribution in [0.1, 0.15) is 6.42 Å². The van der Waals surface area contributed by atoms with E-state index in [2.05, 4.69) is 5.92 Å². The van der Waals surface area contributed by atoms with E-state index in [1.807, 2.05) is 18.2 Å². The Morgan fingerprint density at radius 1 is 1.14 bits per heavy atom. The zero-order chi connectivity index (χ0) is 14.7. The molecule has 0 bridgehead atoms. The predicted octanol–water partition coefficient (Wildman–Crippen LogP) is 4.64. The molecule has 3 aromatic rings. The number of terminal acetylenes is 1. The van der Waals surface area contributed by atoms with Crippen molar-refractivity contribution < 1.29 is 13.5 Å². The van der Waals surface area contributed by atoms with Crippen LogP contribution in [-0.2, 0) is 0 Å². The number of halogens is 1. The summed E-state index contributed by atoms with van der Waals surface area (Å²) in [5.74, 6) is 2.99. The number of fused-ring (bicyclic) bond motifs is 1. The molecule has 1 aromatic heterocycles. The summed E-state index contributed by atoms with van der Waals surface area (Å²) in [5.41, 5.74) is 2.57. The highest BCUT2D eigenvalue weighted by Gasteiger charge is 2.09. The molecule has 1 heterocycles. The fraction of sp³-hybridized carbons (Fsp3) is 0.111. The Bertz CT molecular complexity index is 794. The van der Waals surface area contributed by atoms with Crippen molar-refractivity contribution in [3.63, 3.8) is 0 Å². The number of benzene rings is 2. The van der Waals surface area contributed by atoms with E-state index in [1.54, 1.807) is 18.4 Å². The van der Waals surface area contributed by atoms with Crippen LogP contribution < -0.4 is 4.74 Å². The molecule has 0 amide bonds. The summed E-state index contributed by atoms with van der Waals surface area (Å²) >= 11 is 0. The van der Waals surface area contributed by atoms with Gasteiger partial charge in [0.05, 0.1) is 12.9 Å². The van der Waals surface area contributed by atoms with Crippen molar-refractivity contribution in [1.29, 1.82) is 0 Å². The highest BCUT2D eigenvalue weighted by Crippen LogP contribution is 2.32. The highest BCUT2D eigenvalue weighted by molar-refractivity contribution is 5.94. The molecule has 0 saturated heterocycles. The molecule has 3 rings (SSSR count). The van der Waals surface area contributed by atoms with Crippen LogP contribution in [0, 0.1) is 18.2 Å². The summed E-state index contributed by atoms with van der Waals surface area (Å²) in [6.45, 7) is 0.480. The molecular formula is C18H13FO2. The first kappa shape index (κ1) is 13.3. The molecule has 0 saturated carbocycles. The summed E-state index contributed by atoms with van der Waals surface area (Å²) in [4.78, 5) is 0. The predicted molar refractivity (Wildman–Crippen MR) is 80.6 cm³/mol. The number of hydrogen-bond acceptors (Lipinski definition) is 2. The summed E-state index contributed by atoms with van der Waals surface area (Å²) < 4.78 is 24.1. The van der Waals surface area contributed by atoms with Crippen molar-refractivity contribution in [3.8, 4) is 29.2 Å². The smallest absolute Gasteiger partial charge is 0.138 e. The quantitative estimate of drug-likeness (QED) is 0.513. The molecule has 2 nitrogen and oxygen atoms in total. The maximum atomic E-state index is 13.0. The van der Waals surface area contributed by atoms with Crippen LogP contribution >= 0.6 is 0 Å². The average molecular weight is 280 g/mol. The highest BCUT2D eigenvalue weighted by atomic mass is 19.1. The molecule has 3 heteroatoms. The summed E-state index contributed by atoms with van der Waals surface area (Å²) in [6.07, 6.45) is 7.42. The molecule has 0 fully saturated rings. The fourth-order valence-electron chi connectivity index (χ4n) is 2.18. The molecule has 0 atom stereocenters. The summed E-state index contributed by atoms with van der Waals surface area (Å²) in [5, 5.41) is 0.964. The van der Waals surface area contributed by atoms with E-state index >= 15 is 0 Å². The molecule has 2 aromatic carbocycles. The average Bonchev–Trinajstić information content (AvgIpc) is 2.91. The second-order valence-electron chi connectivity index (χ2n) is 4.62. The minimum atomic E-state index is -0.254. The molecule has 0 spiro atoms. The first-order valence-electron chi connectivity index (χ1n) is 6.61. The first-order valence-corrected chi connectivity index (χ1v) is 6.61. The number of furan rings is 1. The van der Waals surface area contributed by atoms with Crippen molar-refractivity contribution >= 4 is 11.0 Å². The molecule has 0 N–H and O–H groups in total. The van der Waals surface area contributed by atoms with E-state index in [0.717, 1.165) is 27.8 Å². The second kappa shape index (κ2) is 5.72. The fourth-order valence-corrected chi connectivity index (χ4v) is 2.18. The van der Waals surface area contributed by atoms with Gasteiger partial charge in [0.25, 0.3) is 0 Å². The lowest BCUT2D eigenvalue weighted by Gasteiger charge is -2.04. The Morgan fingerprint density at radius 2 is 1.95 bits per heavy atom. The molecular weight excluding hydrogens is 267 g/mol. The molecule has 0 radical (unpaired) electrons. The summed E-state index contributed by atoms with van der Waals surface area (Å²) in [7, 11) is 0. The van der Waals surface area contributed by atoms with Crippen LogP contribution in [0.15, 0.2) is 53.1 Å². The third kappa shape index (κ3) is 2.75. The van der Waals surface area contributed by atoms with Gasteiger partial charge in [-0.1, -0.05) is 12.1 Å². The molecule has 21 heavy (non-hydrogen) atoms. The van der Waals surface area contributed by atoms with Crippen LogP contribution in [0.25, 0.3) is 22.1 Å². The lowest BCUT2D eigenvalue weighted by atomic mass is 10.0. The van der Waals surface area contributed by atoms with Gasteiger partial charge in [0.2, 0.25) is 0 Å². The molecule has 0 unspecified atom stereocenters. The Hall–Kier alpha value is -2.73. The third-order valence-electron chi connectivity index (χ3n) is 3.22. The Balaban J connectivity index is 1.92. The SMILES string of the molecule is C#CCCOc1ccc2c(-c3ccc(F)cc3)coc2c1. The zero-order valence-corrected chi connectivity index (χ0v) is 11.3. The van der Waals surface area contributed by atoms with Crippen molar-refractivity contribution in [2.45, 2.75) is 6.42 Å². The van der Waals surface area contributed by atoms with E-state index < -0.39 is 0 Å². The van der Waals surface area contributed by atoms with Crippen LogP contribution in [0.4, 0.5) is 4.39 Å². The van der Waals surface area contributed by atoms with Gasteiger partial charge in [-0.3, -0.25) is 0 Å². The maximum Gasteiger partial charge on any atom is 0.138 e. The van der Waals surface area contributed by atoms with Gasteiger partial charge >= 0.3 is 0 Å². The molecule has 0 aliphatic rings. The Labute approximate surface area is 122 Å². The van der Waals surface area contributed by atoms with Crippen LogP contribution in [0.5, 0.6) is 5.75 Å². The number of ether oxygens (including phenoxy) is 1. The van der Waals surface area contributed by atoms with Crippen molar-refractivity contribution in [3.05, 3.63) is 54.5 Å². The topological polar surface area (TPSA) is 22.4 Å². The van der Waals surface area contributed by atoms with Gasteiger partial charge < -0.3 is 9.15 Å². The number of rotatable bonds is 4. The minimum Gasteiger partial charge on any atom is -0.492 e. The minimum absolute atomic E-state index is 0.254. The molecule has 104 valence electrons. The van der Waals surface area contributed by atoms with Crippen molar-refractivity contribution in [2.75, 3.05) is 6.61 Å².